The molecule has 1 aromatic heterocycles. The molecule has 6 nitrogen and oxygen atoms in total. The number of nitrogens with one attached hydrogen (secondary N) is 1. The number of furan rings is 1. The van der Waals surface area contributed by atoms with Gasteiger partial charge in [0.05, 0.1) is 0 Å². The topological polar surface area (TPSA) is 79.6 Å². The summed E-state index contributed by atoms with van der Waals surface area (Å²) in [6.07, 6.45) is 1.69. The lowest BCUT2D eigenvalue weighted by Crippen LogP contribution is -2.27. The van der Waals surface area contributed by atoms with Crippen molar-refractivity contribution < 1.29 is 17.6 Å². The van der Waals surface area contributed by atoms with Crippen molar-refractivity contribution in [3.63, 3.8) is 0 Å². The normalized spacial score (nSPS) is 16.0. The Hall–Kier alpha value is -2.12. The first-order chi connectivity index (χ1) is 12.2. The van der Waals surface area contributed by atoms with Crippen LogP contribution in [0.4, 0.5) is 5.69 Å². The highest BCUT2D eigenvalue weighted by molar-refractivity contribution is 7.89. The van der Waals surface area contributed by atoms with E-state index in [9.17, 15) is 13.2 Å². The van der Waals surface area contributed by atoms with E-state index in [1.807, 2.05) is 24.3 Å². The van der Waals surface area contributed by atoms with Crippen molar-refractivity contribution in [2.75, 3.05) is 18.4 Å². The third-order valence-electron chi connectivity index (χ3n) is 4.45. The van der Waals surface area contributed by atoms with Gasteiger partial charge in [-0.1, -0.05) is 39.0 Å². The molecule has 1 aliphatic rings. The molecular weight excluding hydrogens is 352 g/mol. The van der Waals surface area contributed by atoms with Gasteiger partial charge in [-0.15, -0.1) is 0 Å². The van der Waals surface area contributed by atoms with Crippen LogP contribution in [0.1, 0.15) is 49.7 Å². The number of carbonyl (C=O) groups excluding carboxylic acids is 1. The van der Waals surface area contributed by atoms with E-state index < -0.39 is 15.9 Å². The molecular formula is C19H24N2O4S. The van der Waals surface area contributed by atoms with Gasteiger partial charge >= 0.3 is 0 Å². The Morgan fingerprint density at radius 1 is 1.08 bits per heavy atom. The SMILES string of the molecule is CC(C)(C)c1ccccc1NC(=O)c1ccc(S(=O)(=O)N2CCCC2)o1. The molecule has 0 atom stereocenters. The average molecular weight is 376 g/mol. The zero-order valence-electron chi connectivity index (χ0n) is 15.3. The second kappa shape index (κ2) is 6.89. The van der Waals surface area contributed by atoms with Crippen LogP contribution in [-0.2, 0) is 15.4 Å². The lowest BCUT2D eigenvalue weighted by Gasteiger charge is -2.22. The minimum atomic E-state index is -3.67. The van der Waals surface area contributed by atoms with E-state index in [2.05, 4.69) is 26.1 Å². The summed E-state index contributed by atoms with van der Waals surface area (Å²) >= 11 is 0. The van der Waals surface area contributed by atoms with Crippen molar-refractivity contribution in [3.05, 3.63) is 47.7 Å². The number of anilines is 1. The Morgan fingerprint density at radius 2 is 1.73 bits per heavy atom. The quantitative estimate of drug-likeness (QED) is 0.884. The molecule has 7 heteroatoms. The molecule has 1 fully saturated rings. The molecule has 0 bridgehead atoms. The van der Waals surface area contributed by atoms with Crippen LogP contribution >= 0.6 is 0 Å². The molecule has 26 heavy (non-hydrogen) atoms. The molecule has 0 aliphatic carbocycles. The molecule has 2 heterocycles. The fourth-order valence-electron chi connectivity index (χ4n) is 3.07. The van der Waals surface area contributed by atoms with Gasteiger partial charge in [0, 0.05) is 18.8 Å². The summed E-state index contributed by atoms with van der Waals surface area (Å²) in [7, 11) is -3.67. The van der Waals surface area contributed by atoms with Crippen molar-refractivity contribution in [1.82, 2.24) is 4.31 Å². The molecule has 1 saturated heterocycles. The summed E-state index contributed by atoms with van der Waals surface area (Å²) in [6, 6.07) is 10.3. The number of benzene rings is 1. The minimum absolute atomic E-state index is 0.0218. The van der Waals surface area contributed by atoms with Gasteiger partial charge in [0.25, 0.3) is 15.9 Å². The summed E-state index contributed by atoms with van der Waals surface area (Å²) in [5.41, 5.74) is 1.53. The van der Waals surface area contributed by atoms with Gasteiger partial charge in [-0.3, -0.25) is 4.79 Å². The molecule has 2 aromatic rings. The number of nitrogens with zero attached hydrogens (tertiary/aromatic N) is 1. The number of para-hydroxylation sites is 1. The van der Waals surface area contributed by atoms with E-state index in [1.54, 1.807) is 0 Å². The highest BCUT2D eigenvalue weighted by Crippen LogP contribution is 2.30. The molecule has 0 saturated carbocycles. The van der Waals surface area contributed by atoms with E-state index in [1.165, 1.54) is 16.4 Å². The van der Waals surface area contributed by atoms with Crippen LogP contribution in [0.2, 0.25) is 0 Å². The first-order valence-corrected chi connectivity index (χ1v) is 10.1. The van der Waals surface area contributed by atoms with Crippen molar-refractivity contribution in [1.29, 1.82) is 0 Å². The van der Waals surface area contributed by atoms with Crippen LogP contribution in [0.25, 0.3) is 0 Å². The lowest BCUT2D eigenvalue weighted by molar-refractivity contribution is 0.0991. The maximum atomic E-state index is 12.5. The fraction of sp³-hybridized carbons (Fsp3) is 0.421. The molecule has 1 aliphatic heterocycles. The van der Waals surface area contributed by atoms with Crippen molar-refractivity contribution in [3.8, 4) is 0 Å². The standard InChI is InChI=1S/C19H24N2O4S/c1-19(2,3)14-8-4-5-9-15(14)20-18(22)16-10-11-17(25-16)26(23,24)21-12-6-7-13-21/h4-5,8-11H,6-7,12-13H2,1-3H3,(H,20,22). The Morgan fingerprint density at radius 3 is 2.38 bits per heavy atom. The lowest BCUT2D eigenvalue weighted by atomic mass is 9.86. The van der Waals surface area contributed by atoms with Crippen LogP contribution in [0.15, 0.2) is 45.9 Å². The fourth-order valence-corrected chi connectivity index (χ4v) is 4.50. The van der Waals surface area contributed by atoms with E-state index in [0.29, 0.717) is 18.8 Å². The summed E-state index contributed by atoms with van der Waals surface area (Å²) in [5.74, 6) is -0.490. The minimum Gasteiger partial charge on any atom is -0.438 e. The predicted octanol–water partition coefficient (Wildman–Crippen LogP) is 3.61. The Kier molecular flexibility index (Phi) is 4.94. The Bertz CT molecular complexity index is 904. The van der Waals surface area contributed by atoms with E-state index in [-0.39, 0.29) is 16.3 Å². The van der Waals surface area contributed by atoms with Gasteiger partial charge < -0.3 is 9.73 Å². The monoisotopic (exact) mass is 376 g/mol. The number of hydrogen-bond donors (Lipinski definition) is 1. The van der Waals surface area contributed by atoms with Gasteiger partial charge in [0.15, 0.2) is 5.76 Å². The third kappa shape index (κ3) is 3.68. The number of hydrogen-bond acceptors (Lipinski definition) is 4. The van der Waals surface area contributed by atoms with Gasteiger partial charge in [-0.2, -0.15) is 4.31 Å². The Labute approximate surface area is 154 Å². The van der Waals surface area contributed by atoms with E-state index in [4.69, 9.17) is 4.42 Å². The second-order valence-corrected chi connectivity index (χ2v) is 9.35. The first kappa shape index (κ1) is 18.7. The number of carbonyl (C=O) groups is 1. The van der Waals surface area contributed by atoms with Gasteiger partial charge in [0.1, 0.15) is 0 Å². The zero-order valence-corrected chi connectivity index (χ0v) is 16.1. The van der Waals surface area contributed by atoms with Crippen LogP contribution < -0.4 is 5.32 Å². The number of rotatable bonds is 4. The largest absolute Gasteiger partial charge is 0.438 e. The maximum absolute atomic E-state index is 12.5. The summed E-state index contributed by atoms with van der Waals surface area (Å²) in [5, 5.41) is 2.64. The highest BCUT2D eigenvalue weighted by atomic mass is 32.2. The summed E-state index contributed by atoms with van der Waals surface area (Å²) in [4.78, 5) is 12.5. The highest BCUT2D eigenvalue weighted by Gasteiger charge is 2.31. The summed E-state index contributed by atoms with van der Waals surface area (Å²) in [6.45, 7) is 7.16. The van der Waals surface area contributed by atoms with Crippen LogP contribution in [0.5, 0.6) is 0 Å². The number of amides is 1. The second-order valence-electron chi connectivity index (χ2n) is 7.48. The molecule has 1 amide bonds. The van der Waals surface area contributed by atoms with Gasteiger partial charge in [-0.05, 0) is 42.0 Å². The molecule has 0 unspecified atom stereocenters. The van der Waals surface area contributed by atoms with Crippen LogP contribution in [-0.4, -0.2) is 31.7 Å². The molecule has 140 valence electrons. The first-order valence-electron chi connectivity index (χ1n) is 8.70. The smallest absolute Gasteiger partial charge is 0.291 e. The van der Waals surface area contributed by atoms with E-state index >= 15 is 0 Å². The molecule has 1 N–H and O–H groups in total. The maximum Gasteiger partial charge on any atom is 0.291 e. The summed E-state index contributed by atoms with van der Waals surface area (Å²) < 4.78 is 31.8. The van der Waals surface area contributed by atoms with Gasteiger partial charge in [0.2, 0.25) is 5.09 Å². The molecule has 0 spiro atoms. The molecule has 3 rings (SSSR count). The predicted molar refractivity (Wildman–Crippen MR) is 99.8 cm³/mol. The van der Waals surface area contributed by atoms with E-state index in [0.717, 1.165) is 18.4 Å². The van der Waals surface area contributed by atoms with Gasteiger partial charge in [-0.25, -0.2) is 8.42 Å². The van der Waals surface area contributed by atoms with Crippen LogP contribution in [0, 0.1) is 0 Å². The molecule has 1 aromatic carbocycles. The third-order valence-corrected chi connectivity index (χ3v) is 6.22. The van der Waals surface area contributed by atoms with Crippen molar-refractivity contribution in [2.45, 2.75) is 44.1 Å². The number of sulfonamides is 1. The van der Waals surface area contributed by atoms with Crippen molar-refractivity contribution >= 4 is 21.6 Å². The average Bonchev–Trinajstić information content (AvgIpc) is 3.26. The zero-order chi connectivity index (χ0) is 18.9. The molecule has 0 radical (unpaired) electrons. The van der Waals surface area contributed by atoms with Crippen LogP contribution in [0.3, 0.4) is 0 Å². The Balaban J connectivity index is 1.82. The van der Waals surface area contributed by atoms with Crippen molar-refractivity contribution in [2.24, 2.45) is 0 Å².